The Kier molecular flexibility index (Phi) is 36.3. The highest BCUT2D eigenvalue weighted by atomic mass is 35.6. The number of nitrogens with zero attached hydrogens (tertiary/aromatic N) is 4. The van der Waals surface area contributed by atoms with Crippen molar-refractivity contribution in [1.29, 1.82) is 0 Å². The van der Waals surface area contributed by atoms with Crippen molar-refractivity contribution in [3.05, 3.63) is 95.3 Å². The number of alkyl halides is 12. The number of hydrogen-bond acceptors (Lipinski definition) is 18. The largest absolute Gasteiger partial charge is 0.481 e. The number of nitrogens with one attached hydrogen (secondary N) is 3. The molecule has 0 unspecified atom stereocenters. The molecule has 22 nitrogen and oxygen atoms in total. The summed E-state index contributed by atoms with van der Waals surface area (Å²) in [6.45, 7) is 26.6. The fourth-order valence-corrected chi connectivity index (χ4v) is 12.7. The number of carbonyl (C=O) groups excluding carboxylic acids is 8. The third kappa shape index (κ3) is 32.5. The van der Waals surface area contributed by atoms with E-state index in [4.69, 9.17) is 93.3 Å². The zero-order valence-corrected chi connectivity index (χ0v) is 70.3. The number of fused-ring (bicyclic) bond motifs is 2. The number of rotatable bonds is 27. The molecule has 2 saturated heterocycles. The van der Waals surface area contributed by atoms with Crippen molar-refractivity contribution in [2.45, 2.75) is 219 Å². The molecule has 2 aromatic heterocycles. The zero-order valence-electron chi connectivity index (χ0n) is 65.8. The van der Waals surface area contributed by atoms with Gasteiger partial charge in [0.05, 0.1) is 46.6 Å². The van der Waals surface area contributed by atoms with E-state index in [1.54, 1.807) is 124 Å². The number of pyridine rings is 2. The molecule has 0 radical (unpaired) electrons. The topological polar surface area (TPSA) is 288 Å². The first-order valence-electron chi connectivity index (χ1n) is 36.4. The Hall–Kier alpha value is -6.79. The summed E-state index contributed by atoms with van der Waals surface area (Å²) in [4.78, 5) is 119. The van der Waals surface area contributed by atoms with E-state index >= 15 is 0 Å². The summed E-state index contributed by atoms with van der Waals surface area (Å²) in [5, 5.41) is 16.2. The molecule has 0 spiro atoms. The van der Waals surface area contributed by atoms with Gasteiger partial charge in [0, 0.05) is 49.5 Å². The van der Waals surface area contributed by atoms with Gasteiger partial charge in [0.25, 0.3) is 5.91 Å². The van der Waals surface area contributed by atoms with Gasteiger partial charge in [-0.2, -0.15) is 26.3 Å². The molecular formula is C78H103Cl6F6N7O15. The molecule has 112 heavy (non-hydrogen) atoms. The molecular weight excluding hydrogens is 1600 g/mol. The Labute approximate surface area is 680 Å². The minimum atomic E-state index is -4.66. The quantitative estimate of drug-likeness (QED) is 0.0187. The van der Waals surface area contributed by atoms with Gasteiger partial charge in [-0.25, -0.2) is 20.8 Å². The number of carboxylic acids is 1. The molecule has 3 amide bonds. The second kappa shape index (κ2) is 41.7. The molecule has 624 valence electrons. The van der Waals surface area contributed by atoms with Crippen LogP contribution in [0.25, 0.3) is 34.0 Å². The molecule has 2 aromatic carbocycles. The van der Waals surface area contributed by atoms with Gasteiger partial charge in [-0.3, -0.25) is 53.2 Å². The first-order valence-corrected chi connectivity index (χ1v) is 38.7. The predicted octanol–water partition coefficient (Wildman–Crippen LogP) is 17.2. The molecule has 0 aliphatic carbocycles. The summed E-state index contributed by atoms with van der Waals surface area (Å²) in [5.41, 5.74) is 5.77. The van der Waals surface area contributed by atoms with Crippen molar-refractivity contribution in [1.82, 2.24) is 36.2 Å². The van der Waals surface area contributed by atoms with E-state index in [1.165, 1.54) is 70.6 Å². The molecule has 4 aromatic rings. The molecule has 2 aliphatic rings. The maximum atomic E-state index is 14.8. The molecule has 6 rings (SSSR count). The van der Waals surface area contributed by atoms with Crippen LogP contribution in [0.4, 0.5) is 26.3 Å². The summed E-state index contributed by atoms with van der Waals surface area (Å²) in [7, 11) is 0. The number of hydrogen-bond donors (Lipinski definition) is 4. The van der Waals surface area contributed by atoms with Crippen molar-refractivity contribution < 1.29 is 98.3 Å². The van der Waals surface area contributed by atoms with E-state index in [2.05, 4.69) is 26.1 Å². The van der Waals surface area contributed by atoms with Crippen LogP contribution in [0.3, 0.4) is 0 Å². The third-order valence-electron chi connectivity index (χ3n) is 18.5. The van der Waals surface area contributed by atoms with Crippen LogP contribution in [0, 0.1) is 52.3 Å². The van der Waals surface area contributed by atoms with E-state index in [0.29, 0.717) is 65.8 Å². The van der Waals surface area contributed by atoms with Crippen molar-refractivity contribution in [3.63, 3.8) is 0 Å². The standard InChI is InChI=1S/C36H46Cl3F3N4O6.C26H32F3NO4.C16H25Cl3N2O5/c1-20(2)26(31(48)43-21(3)32(49)46-16-8-9-28(45-46)33(50)51-19-35(37,38)39)18-30(36(40,41)42)34(6,7)15-14-24-10-11-25-12-13-27(44-29(25)17-24)22(4)52-23(5)47;1-15(2)20(24(32)33)14-23(26(27,28)29)25(5,6)12-11-18-7-8-19-9-10-21(30-22(19)13-18)16(3)34-17(4)31;1-10(8-12(22)26-15(2,3)4)13(23)21-7-5-6-11(20-21)14(24)25-9-16(17,18)19/h10-15,17,20-22,26,28,30,45H,8-9,16,18-19H2,1-7H3,(H,43,48);7-13,15-16,20,23H,14H2,1-6H3,(H,32,33);10-11,20H,5-9H2,1-4H3/b15-14+;12-11+;/t21-,22+,26-,28-,30+;16-,20+,23-;10-,11+/m011/s1. The summed E-state index contributed by atoms with van der Waals surface area (Å²) in [5.74, 6) is -12.9. The molecule has 4 N–H and O–H groups in total. The lowest BCUT2D eigenvalue weighted by molar-refractivity contribution is -0.203. The van der Waals surface area contributed by atoms with Gasteiger partial charge in [0.15, 0.2) is 0 Å². The number of carbonyl (C=O) groups is 9. The monoisotopic (exact) mass is 1700 g/mol. The lowest BCUT2D eigenvalue weighted by Crippen LogP contribution is -2.60. The highest BCUT2D eigenvalue weighted by Gasteiger charge is 2.51. The molecule has 4 heterocycles. The van der Waals surface area contributed by atoms with Gasteiger partial charge in [-0.15, -0.1) is 0 Å². The minimum Gasteiger partial charge on any atom is -0.481 e. The zero-order chi connectivity index (χ0) is 85.1. The SMILES string of the molecule is CC(=O)O[C@H](C)c1ccc2ccc(/C=C/C(C)(C)[C@@H](C[C@H](C(=O)N[C@@H](C)C(=O)N3CCC[C@@H](C(=O)OCC(Cl)(Cl)Cl)N3)C(C)C)C(F)(F)F)cc2n1.CC(=O)O[C@H](C)c1ccc2ccc(/C=C/C(C)(C)[C@@H](C[C@H](C(=O)O)C(C)C)C(F)(F)F)cc2n1.C[C@H](CC(=O)OC(C)(C)C)C(=O)N1CCC[C@@H](C(=O)OCC(Cl)(Cl)Cl)N1. The average Bonchev–Trinajstić information content (AvgIpc) is 0.817. The highest BCUT2D eigenvalue weighted by molar-refractivity contribution is 6.68. The number of ether oxygens (including phenoxy) is 5. The first-order chi connectivity index (χ1) is 51.4. The van der Waals surface area contributed by atoms with Gasteiger partial charge in [0.2, 0.25) is 19.4 Å². The van der Waals surface area contributed by atoms with E-state index in [9.17, 15) is 74.6 Å². The number of esters is 5. The van der Waals surface area contributed by atoms with E-state index < -0.39 is 175 Å². The molecule has 0 bridgehead atoms. The van der Waals surface area contributed by atoms with Crippen LogP contribution in [-0.4, -0.2) is 149 Å². The van der Waals surface area contributed by atoms with Crippen LogP contribution in [0.1, 0.15) is 197 Å². The second-order valence-corrected chi connectivity index (χ2v) is 35.9. The number of halogens is 12. The van der Waals surface area contributed by atoms with Crippen molar-refractivity contribution in [2.75, 3.05) is 26.3 Å². The van der Waals surface area contributed by atoms with E-state index in [-0.39, 0.29) is 25.5 Å². The van der Waals surface area contributed by atoms with Gasteiger partial charge in [-0.1, -0.05) is 193 Å². The Balaban J connectivity index is 0.000000380. The molecule has 2 aliphatic heterocycles. The average molecular weight is 1710 g/mol. The van der Waals surface area contributed by atoms with Gasteiger partial charge in [-0.05, 0) is 138 Å². The lowest BCUT2D eigenvalue weighted by atomic mass is 9.71. The van der Waals surface area contributed by atoms with Gasteiger partial charge in [0.1, 0.15) is 49.1 Å². The second-order valence-electron chi connectivity index (χ2n) is 30.9. The molecule has 0 saturated carbocycles. The lowest BCUT2D eigenvalue weighted by Gasteiger charge is -2.37. The fraction of sp³-hybridized carbons (Fsp3) is 0.603. The number of carboxylic acid groups (broad SMARTS) is 1. The maximum absolute atomic E-state index is 14.8. The Morgan fingerprint density at radius 1 is 0.571 bits per heavy atom. The first kappa shape index (κ1) is 97.6. The van der Waals surface area contributed by atoms with Crippen LogP contribution in [0.5, 0.6) is 0 Å². The number of benzene rings is 2. The summed E-state index contributed by atoms with van der Waals surface area (Å²) >= 11 is 33.6. The number of amides is 3. The maximum Gasteiger partial charge on any atom is 0.392 e. The molecule has 34 heteroatoms. The van der Waals surface area contributed by atoms with Crippen LogP contribution in [0.2, 0.25) is 0 Å². The Morgan fingerprint density at radius 3 is 1.29 bits per heavy atom. The van der Waals surface area contributed by atoms with Crippen LogP contribution in [0.15, 0.2) is 72.8 Å². The summed E-state index contributed by atoms with van der Waals surface area (Å²) in [6, 6.07) is 15.1. The van der Waals surface area contributed by atoms with Crippen molar-refractivity contribution >= 4 is 157 Å². The minimum absolute atomic E-state index is 0.0450. The number of aromatic nitrogens is 2. The van der Waals surface area contributed by atoms with Crippen LogP contribution < -0.4 is 16.2 Å². The van der Waals surface area contributed by atoms with Crippen molar-refractivity contribution in [2.24, 2.45) is 52.3 Å². The van der Waals surface area contributed by atoms with Crippen LogP contribution >= 0.6 is 69.6 Å². The van der Waals surface area contributed by atoms with E-state index in [1.807, 2.05) is 18.2 Å². The van der Waals surface area contributed by atoms with E-state index in [0.717, 1.165) is 10.8 Å². The predicted molar refractivity (Wildman–Crippen MR) is 418 cm³/mol. The van der Waals surface area contributed by atoms with Crippen LogP contribution in [-0.2, 0) is 66.8 Å². The number of aliphatic carboxylic acids is 1. The number of hydrazine groups is 2. The van der Waals surface area contributed by atoms with Crippen molar-refractivity contribution in [3.8, 4) is 0 Å². The Bertz CT molecular complexity index is 3980. The summed E-state index contributed by atoms with van der Waals surface area (Å²) < 4.78 is 108. The fourth-order valence-electron chi connectivity index (χ4n) is 12.3. The Morgan fingerprint density at radius 2 is 0.946 bits per heavy atom. The summed E-state index contributed by atoms with van der Waals surface area (Å²) in [6.07, 6.45) is -3.35. The van der Waals surface area contributed by atoms with Gasteiger partial charge >= 0.3 is 48.2 Å². The third-order valence-corrected chi connectivity index (χ3v) is 19.2. The highest BCUT2D eigenvalue weighted by Crippen LogP contribution is 2.48. The smallest absolute Gasteiger partial charge is 0.392 e. The molecule has 10 atom stereocenters. The van der Waals surface area contributed by atoms with Gasteiger partial charge < -0.3 is 34.1 Å². The molecule has 2 fully saturated rings. The number of allylic oxidation sites excluding steroid dienone is 2. The normalized spacial score (nSPS) is 17.7.